The van der Waals surface area contributed by atoms with Crippen LogP contribution in [0.1, 0.15) is 30.4 Å². The molecule has 0 spiro atoms. The fraction of sp³-hybridized carbons (Fsp3) is 0.400. The summed E-state index contributed by atoms with van der Waals surface area (Å²) in [5, 5.41) is 0. The zero-order valence-electron chi connectivity index (χ0n) is 14.6. The van der Waals surface area contributed by atoms with Crippen molar-refractivity contribution in [1.82, 2.24) is 0 Å². The quantitative estimate of drug-likeness (QED) is 0.786. The minimum atomic E-state index is -3.48. The Morgan fingerprint density at radius 3 is 2.56 bits per heavy atom. The number of ether oxygens (including phenoxy) is 1. The molecule has 1 atom stereocenters. The lowest BCUT2D eigenvalue weighted by molar-refractivity contribution is 0.0305. The molecule has 0 N–H and O–H groups in total. The predicted molar refractivity (Wildman–Crippen MR) is 101 cm³/mol. The first-order valence-electron chi connectivity index (χ1n) is 8.77. The van der Waals surface area contributed by atoms with Crippen molar-refractivity contribution in [3.63, 3.8) is 0 Å². The van der Waals surface area contributed by atoms with Gasteiger partial charge in [0.1, 0.15) is 0 Å². The zero-order chi connectivity index (χ0) is 17.7. The smallest absolute Gasteiger partial charge is 0.238 e. The summed E-state index contributed by atoms with van der Waals surface area (Å²) in [6.45, 7) is 2.96. The monoisotopic (exact) mass is 359 g/mol. The van der Waals surface area contributed by atoms with E-state index in [1.165, 1.54) is 4.31 Å². The van der Waals surface area contributed by atoms with Crippen LogP contribution >= 0.6 is 0 Å². The van der Waals surface area contributed by atoms with Crippen molar-refractivity contribution in [1.29, 1.82) is 0 Å². The van der Waals surface area contributed by atoms with E-state index in [0.29, 0.717) is 18.8 Å². The van der Waals surface area contributed by atoms with Crippen LogP contribution in [0.15, 0.2) is 54.6 Å². The highest BCUT2D eigenvalue weighted by Crippen LogP contribution is 2.25. The second-order valence-corrected chi connectivity index (χ2v) is 8.54. The topological polar surface area (TPSA) is 46.6 Å². The van der Waals surface area contributed by atoms with Gasteiger partial charge < -0.3 is 4.74 Å². The van der Waals surface area contributed by atoms with Crippen molar-refractivity contribution in [2.24, 2.45) is 0 Å². The summed E-state index contributed by atoms with van der Waals surface area (Å²) in [5.74, 6) is 0.0355. The van der Waals surface area contributed by atoms with Crippen molar-refractivity contribution in [3.05, 3.63) is 65.7 Å². The standard InChI is InChI=1S/C20H25NO3S/c1-17-8-7-11-19(14-17)21(15-18-9-3-2-4-10-18)25(22,23)16-20-12-5-6-13-24-20/h2-4,7-11,14,20H,5-6,12-13,15-16H2,1H3. The van der Waals surface area contributed by atoms with Gasteiger partial charge in [-0.05, 0) is 49.4 Å². The van der Waals surface area contributed by atoms with E-state index in [1.54, 1.807) is 0 Å². The number of aryl methyl sites for hydroxylation is 1. The van der Waals surface area contributed by atoms with E-state index in [1.807, 2.05) is 61.5 Å². The number of hydrogen-bond acceptors (Lipinski definition) is 3. The number of sulfonamides is 1. The molecule has 3 rings (SSSR count). The summed E-state index contributed by atoms with van der Waals surface area (Å²) in [6, 6.07) is 17.4. The maximum Gasteiger partial charge on any atom is 0.238 e. The maximum absolute atomic E-state index is 13.2. The molecule has 0 aliphatic carbocycles. The highest BCUT2D eigenvalue weighted by Gasteiger charge is 2.28. The van der Waals surface area contributed by atoms with Gasteiger partial charge in [-0.25, -0.2) is 8.42 Å². The van der Waals surface area contributed by atoms with Gasteiger partial charge in [0.25, 0.3) is 0 Å². The molecule has 0 saturated carbocycles. The molecule has 5 heteroatoms. The van der Waals surface area contributed by atoms with E-state index in [2.05, 4.69) is 0 Å². The van der Waals surface area contributed by atoms with E-state index < -0.39 is 10.0 Å². The Labute approximate surface area is 150 Å². The molecular formula is C20H25NO3S. The lowest BCUT2D eigenvalue weighted by Crippen LogP contribution is -2.38. The van der Waals surface area contributed by atoms with Crippen LogP contribution in [0.3, 0.4) is 0 Å². The molecule has 0 bridgehead atoms. The van der Waals surface area contributed by atoms with Gasteiger partial charge in [0.2, 0.25) is 10.0 Å². The van der Waals surface area contributed by atoms with Crippen LogP contribution in [0, 0.1) is 6.92 Å². The highest BCUT2D eigenvalue weighted by molar-refractivity contribution is 7.92. The average molecular weight is 359 g/mol. The molecular weight excluding hydrogens is 334 g/mol. The third-order valence-corrected chi connectivity index (χ3v) is 6.27. The number of benzene rings is 2. The summed E-state index contributed by atoms with van der Waals surface area (Å²) >= 11 is 0. The van der Waals surface area contributed by atoms with Crippen LogP contribution < -0.4 is 4.31 Å². The van der Waals surface area contributed by atoms with Gasteiger partial charge in [0.15, 0.2) is 0 Å². The maximum atomic E-state index is 13.2. The molecule has 134 valence electrons. The normalized spacial score (nSPS) is 18.0. The minimum absolute atomic E-state index is 0.0355. The number of hydrogen-bond donors (Lipinski definition) is 0. The third-order valence-electron chi connectivity index (χ3n) is 4.46. The van der Waals surface area contributed by atoms with Gasteiger partial charge in [-0.15, -0.1) is 0 Å². The van der Waals surface area contributed by atoms with Crippen LogP contribution in [-0.2, 0) is 21.3 Å². The van der Waals surface area contributed by atoms with Gasteiger partial charge >= 0.3 is 0 Å². The molecule has 2 aromatic carbocycles. The summed E-state index contributed by atoms with van der Waals surface area (Å²) in [4.78, 5) is 0. The Balaban J connectivity index is 1.89. The van der Waals surface area contributed by atoms with Crippen LogP contribution in [0.2, 0.25) is 0 Å². The summed E-state index contributed by atoms with van der Waals surface area (Å²) in [6.07, 6.45) is 2.65. The molecule has 0 radical (unpaired) electrons. The number of anilines is 1. The summed E-state index contributed by atoms with van der Waals surface area (Å²) in [5.41, 5.74) is 2.72. The molecule has 0 aromatic heterocycles. The second kappa shape index (κ2) is 8.02. The number of nitrogens with zero attached hydrogens (tertiary/aromatic N) is 1. The van der Waals surface area contributed by atoms with E-state index in [4.69, 9.17) is 4.74 Å². The zero-order valence-corrected chi connectivity index (χ0v) is 15.4. The first-order valence-corrected chi connectivity index (χ1v) is 10.4. The van der Waals surface area contributed by atoms with E-state index in [-0.39, 0.29) is 11.9 Å². The van der Waals surface area contributed by atoms with Crippen LogP contribution in [-0.4, -0.2) is 26.9 Å². The third kappa shape index (κ3) is 4.83. The first-order chi connectivity index (χ1) is 12.0. The Kier molecular flexibility index (Phi) is 5.76. The molecule has 1 unspecified atom stereocenters. The van der Waals surface area contributed by atoms with Gasteiger partial charge in [-0.3, -0.25) is 4.31 Å². The SMILES string of the molecule is Cc1cccc(N(Cc2ccccc2)S(=O)(=O)CC2CCCCO2)c1. The van der Waals surface area contributed by atoms with E-state index in [9.17, 15) is 8.42 Å². The fourth-order valence-electron chi connectivity index (χ4n) is 3.15. The lowest BCUT2D eigenvalue weighted by Gasteiger charge is -2.29. The van der Waals surface area contributed by atoms with E-state index in [0.717, 1.165) is 30.4 Å². The van der Waals surface area contributed by atoms with Gasteiger partial charge in [0, 0.05) is 6.61 Å². The minimum Gasteiger partial charge on any atom is -0.377 e. The van der Waals surface area contributed by atoms with Crippen LogP contribution in [0.5, 0.6) is 0 Å². The fourth-order valence-corrected chi connectivity index (χ4v) is 4.84. The first kappa shape index (κ1) is 18.0. The van der Waals surface area contributed by atoms with Crippen LogP contribution in [0.4, 0.5) is 5.69 Å². The van der Waals surface area contributed by atoms with E-state index >= 15 is 0 Å². The molecule has 0 amide bonds. The molecule has 1 aliphatic rings. The van der Waals surface area contributed by atoms with Crippen molar-refractivity contribution in [2.45, 2.75) is 38.8 Å². The van der Waals surface area contributed by atoms with Gasteiger partial charge in [-0.1, -0.05) is 42.5 Å². The van der Waals surface area contributed by atoms with Crippen molar-refractivity contribution < 1.29 is 13.2 Å². The summed E-state index contributed by atoms with van der Waals surface area (Å²) < 4.78 is 33.5. The molecule has 25 heavy (non-hydrogen) atoms. The Morgan fingerprint density at radius 2 is 1.88 bits per heavy atom. The highest BCUT2D eigenvalue weighted by atomic mass is 32.2. The van der Waals surface area contributed by atoms with Crippen molar-refractivity contribution in [3.8, 4) is 0 Å². The number of rotatable bonds is 6. The average Bonchev–Trinajstić information content (AvgIpc) is 2.61. The molecule has 1 aliphatic heterocycles. The van der Waals surface area contributed by atoms with Crippen molar-refractivity contribution >= 4 is 15.7 Å². The van der Waals surface area contributed by atoms with Gasteiger partial charge in [0.05, 0.1) is 24.1 Å². The second-order valence-electron chi connectivity index (χ2n) is 6.60. The Morgan fingerprint density at radius 1 is 1.08 bits per heavy atom. The largest absolute Gasteiger partial charge is 0.377 e. The molecule has 1 saturated heterocycles. The predicted octanol–water partition coefficient (Wildman–Crippen LogP) is 3.90. The molecule has 1 heterocycles. The molecule has 1 fully saturated rings. The van der Waals surface area contributed by atoms with Gasteiger partial charge in [-0.2, -0.15) is 0 Å². The lowest BCUT2D eigenvalue weighted by atomic mass is 10.1. The van der Waals surface area contributed by atoms with Crippen molar-refractivity contribution in [2.75, 3.05) is 16.7 Å². The Bertz CT molecular complexity index is 784. The summed E-state index contributed by atoms with van der Waals surface area (Å²) in [7, 11) is -3.48. The molecule has 2 aromatic rings. The van der Waals surface area contributed by atoms with Crippen LogP contribution in [0.25, 0.3) is 0 Å². The Hall–Kier alpha value is -1.85. The molecule has 4 nitrogen and oxygen atoms in total.